The maximum atomic E-state index is 12.2. The van der Waals surface area contributed by atoms with E-state index in [4.69, 9.17) is 5.11 Å². The maximum absolute atomic E-state index is 12.2. The SMILES string of the molecule is Cc1ccc(-c2cc3c(=O)n(CC(=O)O)ncn3n2)cc1C. The zero-order valence-electron chi connectivity index (χ0n) is 12.1. The Kier molecular flexibility index (Phi) is 3.25. The molecule has 3 aromatic rings. The van der Waals surface area contributed by atoms with Gasteiger partial charge < -0.3 is 5.11 Å². The average Bonchev–Trinajstić information content (AvgIpc) is 2.89. The molecule has 0 unspecified atom stereocenters. The Morgan fingerprint density at radius 2 is 2.00 bits per heavy atom. The molecule has 0 atom stereocenters. The number of hydrogen-bond donors (Lipinski definition) is 1. The van der Waals surface area contributed by atoms with Crippen molar-refractivity contribution in [2.24, 2.45) is 0 Å². The van der Waals surface area contributed by atoms with Crippen molar-refractivity contribution < 1.29 is 9.90 Å². The molecule has 22 heavy (non-hydrogen) atoms. The van der Waals surface area contributed by atoms with Crippen LogP contribution < -0.4 is 5.56 Å². The van der Waals surface area contributed by atoms with E-state index in [0.29, 0.717) is 11.2 Å². The summed E-state index contributed by atoms with van der Waals surface area (Å²) < 4.78 is 2.27. The van der Waals surface area contributed by atoms with Crippen LogP contribution in [0.1, 0.15) is 11.1 Å². The number of aromatic nitrogens is 4. The molecule has 3 rings (SSSR count). The lowest BCUT2D eigenvalue weighted by molar-refractivity contribution is -0.138. The second-order valence-electron chi connectivity index (χ2n) is 5.15. The third-order valence-electron chi connectivity index (χ3n) is 3.58. The van der Waals surface area contributed by atoms with Gasteiger partial charge in [-0.05, 0) is 37.1 Å². The van der Waals surface area contributed by atoms with Gasteiger partial charge in [0.25, 0.3) is 5.56 Å². The van der Waals surface area contributed by atoms with Crippen LogP contribution in [0.25, 0.3) is 16.8 Å². The van der Waals surface area contributed by atoms with Crippen molar-refractivity contribution in [2.75, 3.05) is 0 Å². The number of carboxylic acid groups (broad SMARTS) is 1. The molecule has 1 N–H and O–H groups in total. The number of carboxylic acids is 1. The van der Waals surface area contributed by atoms with Crippen LogP contribution in [0, 0.1) is 13.8 Å². The molecular formula is C15H14N4O3. The van der Waals surface area contributed by atoms with E-state index in [2.05, 4.69) is 10.2 Å². The van der Waals surface area contributed by atoms with Gasteiger partial charge in [0.05, 0.1) is 5.69 Å². The molecular weight excluding hydrogens is 284 g/mol. The van der Waals surface area contributed by atoms with E-state index < -0.39 is 18.1 Å². The second-order valence-corrected chi connectivity index (χ2v) is 5.15. The van der Waals surface area contributed by atoms with Gasteiger partial charge in [-0.3, -0.25) is 9.59 Å². The summed E-state index contributed by atoms with van der Waals surface area (Å²) in [5.41, 5.74) is 3.68. The summed E-state index contributed by atoms with van der Waals surface area (Å²) in [5.74, 6) is -1.12. The molecule has 0 amide bonds. The number of fused-ring (bicyclic) bond motifs is 1. The first kappa shape index (κ1) is 14.0. The number of carbonyl (C=O) groups is 1. The van der Waals surface area contributed by atoms with Crippen LogP contribution in [0.5, 0.6) is 0 Å². The topological polar surface area (TPSA) is 89.5 Å². The summed E-state index contributed by atoms with van der Waals surface area (Å²) in [6, 6.07) is 7.58. The van der Waals surface area contributed by atoms with E-state index >= 15 is 0 Å². The van der Waals surface area contributed by atoms with Gasteiger partial charge >= 0.3 is 5.97 Å². The Morgan fingerprint density at radius 1 is 1.23 bits per heavy atom. The summed E-state index contributed by atoms with van der Waals surface area (Å²) in [5, 5.41) is 16.9. The van der Waals surface area contributed by atoms with Crippen LogP contribution in [0.3, 0.4) is 0 Å². The van der Waals surface area contributed by atoms with Gasteiger partial charge in [-0.15, -0.1) is 0 Å². The summed E-state index contributed by atoms with van der Waals surface area (Å²) in [6.07, 6.45) is 1.34. The smallest absolute Gasteiger partial charge is 0.325 e. The maximum Gasteiger partial charge on any atom is 0.325 e. The van der Waals surface area contributed by atoms with Crippen LogP contribution in [-0.4, -0.2) is 30.5 Å². The third kappa shape index (κ3) is 2.37. The molecule has 0 saturated carbocycles. The zero-order chi connectivity index (χ0) is 15.9. The van der Waals surface area contributed by atoms with Gasteiger partial charge in [0, 0.05) is 5.56 Å². The Bertz CT molecular complexity index is 940. The van der Waals surface area contributed by atoms with Gasteiger partial charge in [0.2, 0.25) is 0 Å². The van der Waals surface area contributed by atoms with Crippen LogP contribution >= 0.6 is 0 Å². The molecule has 0 aliphatic carbocycles. The van der Waals surface area contributed by atoms with Crippen LogP contribution in [0.4, 0.5) is 0 Å². The van der Waals surface area contributed by atoms with Gasteiger partial charge in [-0.2, -0.15) is 10.2 Å². The van der Waals surface area contributed by atoms with Gasteiger partial charge in [-0.25, -0.2) is 9.20 Å². The van der Waals surface area contributed by atoms with Crippen molar-refractivity contribution in [2.45, 2.75) is 20.4 Å². The fraction of sp³-hybridized carbons (Fsp3) is 0.200. The van der Waals surface area contributed by atoms with Crippen LogP contribution in [0.2, 0.25) is 0 Å². The Labute approximate surface area is 125 Å². The minimum Gasteiger partial charge on any atom is -0.480 e. The van der Waals surface area contributed by atoms with Crippen LogP contribution in [-0.2, 0) is 11.3 Å². The quantitative estimate of drug-likeness (QED) is 0.786. The normalized spacial score (nSPS) is 11.0. The number of benzene rings is 1. The van der Waals surface area contributed by atoms with E-state index in [1.54, 1.807) is 6.07 Å². The zero-order valence-corrected chi connectivity index (χ0v) is 12.1. The van der Waals surface area contributed by atoms with Crippen LogP contribution in [0.15, 0.2) is 35.4 Å². The highest BCUT2D eigenvalue weighted by molar-refractivity contribution is 5.68. The first-order valence-electron chi connectivity index (χ1n) is 6.70. The minimum absolute atomic E-state index is 0.296. The van der Waals surface area contributed by atoms with Gasteiger partial charge in [-0.1, -0.05) is 12.1 Å². The largest absolute Gasteiger partial charge is 0.480 e. The van der Waals surface area contributed by atoms with Gasteiger partial charge in [0.1, 0.15) is 18.4 Å². The average molecular weight is 298 g/mol. The minimum atomic E-state index is -1.12. The van der Waals surface area contributed by atoms with Crippen molar-refractivity contribution in [3.05, 3.63) is 52.1 Å². The first-order valence-corrected chi connectivity index (χ1v) is 6.70. The number of rotatable bonds is 3. The summed E-state index contributed by atoms with van der Waals surface area (Å²) in [6.45, 7) is 3.56. The van der Waals surface area contributed by atoms with E-state index in [0.717, 1.165) is 15.8 Å². The van der Waals surface area contributed by atoms with Crippen molar-refractivity contribution in [1.82, 2.24) is 19.4 Å². The number of hydrogen-bond acceptors (Lipinski definition) is 4. The third-order valence-corrected chi connectivity index (χ3v) is 3.58. The molecule has 0 fully saturated rings. The van der Waals surface area contributed by atoms with Crippen molar-refractivity contribution >= 4 is 11.5 Å². The van der Waals surface area contributed by atoms with E-state index in [1.807, 2.05) is 32.0 Å². The molecule has 0 aliphatic heterocycles. The molecule has 0 aliphatic rings. The lowest BCUT2D eigenvalue weighted by Crippen LogP contribution is -2.27. The van der Waals surface area contributed by atoms with E-state index in [1.165, 1.54) is 16.4 Å². The predicted octanol–water partition coefficient (Wildman–Crippen LogP) is 1.26. The highest BCUT2D eigenvalue weighted by atomic mass is 16.4. The lowest BCUT2D eigenvalue weighted by Gasteiger charge is -2.01. The molecule has 0 spiro atoms. The molecule has 1 aromatic carbocycles. The lowest BCUT2D eigenvalue weighted by atomic mass is 10.0. The summed E-state index contributed by atoms with van der Waals surface area (Å²) >= 11 is 0. The molecule has 7 heteroatoms. The molecule has 0 bridgehead atoms. The standard InChI is InChI=1S/C15H14N4O3/c1-9-3-4-11(5-10(9)2)12-6-13-15(22)18(7-14(20)21)16-8-19(13)17-12/h3-6,8H,7H2,1-2H3,(H,20,21). The molecule has 2 heterocycles. The Balaban J connectivity index is 2.13. The molecule has 112 valence electrons. The predicted molar refractivity (Wildman–Crippen MR) is 79.8 cm³/mol. The number of nitrogens with zero attached hydrogens (tertiary/aromatic N) is 4. The number of aryl methyl sites for hydroxylation is 2. The molecule has 2 aromatic heterocycles. The summed E-state index contributed by atoms with van der Waals surface area (Å²) in [4.78, 5) is 22.9. The van der Waals surface area contributed by atoms with Crippen molar-refractivity contribution in [1.29, 1.82) is 0 Å². The molecule has 0 saturated heterocycles. The summed E-state index contributed by atoms with van der Waals surface area (Å²) in [7, 11) is 0. The van der Waals surface area contributed by atoms with Crippen molar-refractivity contribution in [3.63, 3.8) is 0 Å². The van der Waals surface area contributed by atoms with E-state index in [9.17, 15) is 9.59 Å². The molecule has 0 radical (unpaired) electrons. The first-order chi connectivity index (χ1) is 10.5. The Hall–Kier alpha value is -2.96. The second kappa shape index (κ2) is 5.10. The molecule has 7 nitrogen and oxygen atoms in total. The highest BCUT2D eigenvalue weighted by Crippen LogP contribution is 2.21. The van der Waals surface area contributed by atoms with Crippen molar-refractivity contribution in [3.8, 4) is 11.3 Å². The Morgan fingerprint density at radius 3 is 2.68 bits per heavy atom. The van der Waals surface area contributed by atoms with E-state index in [-0.39, 0.29) is 0 Å². The fourth-order valence-electron chi connectivity index (χ4n) is 2.22. The fourth-order valence-corrected chi connectivity index (χ4v) is 2.22. The monoisotopic (exact) mass is 298 g/mol. The highest BCUT2D eigenvalue weighted by Gasteiger charge is 2.12. The van der Waals surface area contributed by atoms with Gasteiger partial charge in [0.15, 0.2) is 0 Å². The number of aliphatic carboxylic acids is 1.